The molecule has 1 amide bonds. The van der Waals surface area contributed by atoms with Crippen LogP contribution in [0.15, 0.2) is 42.5 Å². The lowest BCUT2D eigenvalue weighted by molar-refractivity contribution is 0.102. The number of carbonyl (C=O) groups is 1. The molecule has 4 heteroatoms. The van der Waals surface area contributed by atoms with Gasteiger partial charge in [-0.1, -0.05) is 12.1 Å². The molecule has 0 aliphatic carbocycles. The van der Waals surface area contributed by atoms with Gasteiger partial charge in [-0.2, -0.15) is 0 Å². The lowest BCUT2D eigenvalue weighted by atomic mass is 10.1. The number of para-hydroxylation sites is 1. The molecular weight excluding hydrogens is 255 g/mol. The summed E-state index contributed by atoms with van der Waals surface area (Å²) >= 11 is 0. The third-order valence-electron chi connectivity index (χ3n) is 2.84. The summed E-state index contributed by atoms with van der Waals surface area (Å²) < 4.78 is 13.3. The zero-order chi connectivity index (χ0) is 14.5. The van der Waals surface area contributed by atoms with Crippen molar-refractivity contribution in [2.45, 2.75) is 13.8 Å². The van der Waals surface area contributed by atoms with Crippen molar-refractivity contribution in [3.8, 4) is 0 Å². The van der Waals surface area contributed by atoms with Crippen LogP contribution in [0.2, 0.25) is 0 Å². The van der Waals surface area contributed by atoms with Gasteiger partial charge in [-0.25, -0.2) is 4.39 Å². The first kappa shape index (κ1) is 14.1. The second-order valence-corrected chi connectivity index (χ2v) is 4.55. The van der Waals surface area contributed by atoms with Gasteiger partial charge in [-0.3, -0.25) is 4.79 Å². The third kappa shape index (κ3) is 3.35. The molecule has 0 saturated heterocycles. The SMILES string of the molecule is CCNc1ccccc1C(=O)Nc1cc(C)cc(F)c1. The summed E-state index contributed by atoms with van der Waals surface area (Å²) in [5.74, 6) is -0.619. The molecular formula is C16H17FN2O. The summed E-state index contributed by atoms with van der Waals surface area (Å²) in [5.41, 5.74) is 2.52. The molecule has 0 unspecified atom stereocenters. The summed E-state index contributed by atoms with van der Waals surface area (Å²) in [6, 6.07) is 11.7. The minimum Gasteiger partial charge on any atom is -0.385 e. The van der Waals surface area contributed by atoms with Crippen molar-refractivity contribution < 1.29 is 9.18 Å². The Morgan fingerprint density at radius 2 is 1.95 bits per heavy atom. The first-order chi connectivity index (χ1) is 9.60. The molecule has 0 saturated carbocycles. The van der Waals surface area contributed by atoms with Crippen LogP contribution < -0.4 is 10.6 Å². The summed E-state index contributed by atoms with van der Waals surface area (Å²) in [6.45, 7) is 4.47. The molecule has 0 fully saturated rings. The molecule has 0 aliphatic heterocycles. The topological polar surface area (TPSA) is 41.1 Å². The first-order valence-electron chi connectivity index (χ1n) is 6.51. The van der Waals surface area contributed by atoms with E-state index in [1.807, 2.05) is 19.1 Å². The quantitative estimate of drug-likeness (QED) is 0.888. The van der Waals surface area contributed by atoms with Crippen molar-refractivity contribution in [2.24, 2.45) is 0 Å². The highest BCUT2D eigenvalue weighted by molar-refractivity contribution is 6.08. The van der Waals surface area contributed by atoms with Gasteiger partial charge in [-0.05, 0) is 49.7 Å². The molecule has 3 nitrogen and oxygen atoms in total. The number of amides is 1. The molecule has 0 radical (unpaired) electrons. The minimum absolute atomic E-state index is 0.258. The van der Waals surface area contributed by atoms with Crippen LogP contribution in [-0.2, 0) is 0 Å². The van der Waals surface area contributed by atoms with Gasteiger partial charge in [0.1, 0.15) is 5.82 Å². The van der Waals surface area contributed by atoms with Crippen molar-refractivity contribution in [3.63, 3.8) is 0 Å². The molecule has 0 atom stereocenters. The van der Waals surface area contributed by atoms with Crippen LogP contribution in [0.5, 0.6) is 0 Å². The molecule has 0 heterocycles. The molecule has 0 spiro atoms. The van der Waals surface area contributed by atoms with Crippen LogP contribution in [0.25, 0.3) is 0 Å². The maximum Gasteiger partial charge on any atom is 0.257 e. The van der Waals surface area contributed by atoms with E-state index in [4.69, 9.17) is 0 Å². The van der Waals surface area contributed by atoms with Crippen LogP contribution >= 0.6 is 0 Å². The maximum absolute atomic E-state index is 13.3. The van der Waals surface area contributed by atoms with Crippen LogP contribution in [0, 0.1) is 12.7 Å². The fraction of sp³-hybridized carbons (Fsp3) is 0.188. The average Bonchev–Trinajstić information content (AvgIpc) is 2.38. The van der Waals surface area contributed by atoms with E-state index in [1.54, 1.807) is 25.1 Å². The van der Waals surface area contributed by atoms with Gasteiger partial charge in [0.05, 0.1) is 5.56 Å². The number of nitrogens with one attached hydrogen (secondary N) is 2. The van der Waals surface area contributed by atoms with E-state index in [2.05, 4.69) is 10.6 Å². The van der Waals surface area contributed by atoms with E-state index in [0.29, 0.717) is 11.3 Å². The lowest BCUT2D eigenvalue weighted by Gasteiger charge is -2.11. The third-order valence-corrected chi connectivity index (χ3v) is 2.84. The molecule has 2 N–H and O–H groups in total. The van der Waals surface area contributed by atoms with E-state index in [0.717, 1.165) is 17.8 Å². The Bertz CT molecular complexity index is 605. The molecule has 0 aromatic heterocycles. The highest BCUT2D eigenvalue weighted by atomic mass is 19.1. The molecule has 0 aliphatic rings. The Balaban J connectivity index is 2.23. The number of carbonyl (C=O) groups excluding carboxylic acids is 1. The number of hydrogen-bond acceptors (Lipinski definition) is 2. The molecule has 2 aromatic carbocycles. The predicted octanol–water partition coefficient (Wildman–Crippen LogP) is 3.82. The molecule has 0 bridgehead atoms. The normalized spacial score (nSPS) is 10.2. The molecule has 20 heavy (non-hydrogen) atoms. The van der Waals surface area contributed by atoms with Crippen LogP contribution in [-0.4, -0.2) is 12.5 Å². The van der Waals surface area contributed by atoms with Crippen molar-refractivity contribution in [2.75, 3.05) is 17.2 Å². The van der Waals surface area contributed by atoms with Crippen molar-refractivity contribution in [3.05, 3.63) is 59.4 Å². The highest BCUT2D eigenvalue weighted by Crippen LogP contribution is 2.18. The van der Waals surface area contributed by atoms with Gasteiger partial charge < -0.3 is 10.6 Å². The van der Waals surface area contributed by atoms with Crippen LogP contribution in [0.3, 0.4) is 0 Å². The van der Waals surface area contributed by atoms with Gasteiger partial charge in [0, 0.05) is 17.9 Å². The molecule has 104 valence electrons. The lowest BCUT2D eigenvalue weighted by Crippen LogP contribution is -2.15. The van der Waals surface area contributed by atoms with Crippen molar-refractivity contribution in [1.82, 2.24) is 0 Å². The second-order valence-electron chi connectivity index (χ2n) is 4.55. The minimum atomic E-state index is -0.361. The van der Waals surface area contributed by atoms with Gasteiger partial charge >= 0.3 is 0 Å². The van der Waals surface area contributed by atoms with E-state index >= 15 is 0 Å². The van der Waals surface area contributed by atoms with E-state index in [9.17, 15) is 9.18 Å². The van der Waals surface area contributed by atoms with Crippen LogP contribution in [0.4, 0.5) is 15.8 Å². The Labute approximate surface area is 117 Å². The number of aryl methyl sites for hydroxylation is 1. The predicted molar refractivity (Wildman–Crippen MR) is 79.7 cm³/mol. The van der Waals surface area contributed by atoms with E-state index in [1.165, 1.54) is 12.1 Å². The summed E-state index contributed by atoms with van der Waals surface area (Å²) in [5, 5.41) is 5.85. The zero-order valence-corrected chi connectivity index (χ0v) is 11.5. The first-order valence-corrected chi connectivity index (χ1v) is 6.51. The van der Waals surface area contributed by atoms with Gasteiger partial charge in [0.2, 0.25) is 0 Å². The van der Waals surface area contributed by atoms with Crippen molar-refractivity contribution >= 4 is 17.3 Å². The smallest absolute Gasteiger partial charge is 0.257 e. The monoisotopic (exact) mass is 272 g/mol. The second kappa shape index (κ2) is 6.19. The maximum atomic E-state index is 13.3. The number of hydrogen-bond donors (Lipinski definition) is 2. The van der Waals surface area contributed by atoms with E-state index < -0.39 is 0 Å². The van der Waals surface area contributed by atoms with Crippen molar-refractivity contribution in [1.29, 1.82) is 0 Å². The standard InChI is InChI=1S/C16H17FN2O/c1-3-18-15-7-5-4-6-14(15)16(20)19-13-9-11(2)8-12(17)10-13/h4-10,18H,3H2,1-2H3,(H,19,20). The Morgan fingerprint density at radius 1 is 1.20 bits per heavy atom. The fourth-order valence-electron chi connectivity index (χ4n) is 2.03. The number of rotatable bonds is 4. The Kier molecular flexibility index (Phi) is 4.35. The molecule has 2 rings (SSSR count). The van der Waals surface area contributed by atoms with Crippen LogP contribution in [0.1, 0.15) is 22.8 Å². The number of benzene rings is 2. The molecule has 2 aromatic rings. The number of halogens is 1. The summed E-state index contributed by atoms with van der Waals surface area (Å²) in [6.07, 6.45) is 0. The Hall–Kier alpha value is -2.36. The Morgan fingerprint density at radius 3 is 2.65 bits per heavy atom. The summed E-state index contributed by atoms with van der Waals surface area (Å²) in [4.78, 5) is 12.3. The average molecular weight is 272 g/mol. The zero-order valence-electron chi connectivity index (χ0n) is 11.5. The van der Waals surface area contributed by atoms with Gasteiger partial charge in [0.15, 0.2) is 0 Å². The summed E-state index contributed by atoms with van der Waals surface area (Å²) in [7, 11) is 0. The largest absolute Gasteiger partial charge is 0.385 e. The highest BCUT2D eigenvalue weighted by Gasteiger charge is 2.11. The fourth-order valence-corrected chi connectivity index (χ4v) is 2.03. The van der Waals surface area contributed by atoms with Gasteiger partial charge in [0.25, 0.3) is 5.91 Å². The van der Waals surface area contributed by atoms with Gasteiger partial charge in [-0.15, -0.1) is 0 Å². The number of anilines is 2. The van der Waals surface area contributed by atoms with E-state index in [-0.39, 0.29) is 11.7 Å².